The summed E-state index contributed by atoms with van der Waals surface area (Å²) in [5.74, 6) is 0. The lowest BCUT2D eigenvalue weighted by atomic mass is 9.85. The van der Waals surface area contributed by atoms with Crippen LogP contribution >= 0.6 is 0 Å². The monoisotopic (exact) mass is 224 g/mol. The highest BCUT2D eigenvalue weighted by Gasteiger charge is 2.36. The second-order valence-electron chi connectivity index (χ2n) is 5.06. The van der Waals surface area contributed by atoms with Crippen molar-refractivity contribution >= 4 is 0 Å². The van der Waals surface area contributed by atoms with Crippen molar-refractivity contribution in [3.8, 4) is 0 Å². The first kappa shape index (κ1) is 12.8. The molecule has 0 spiro atoms. The zero-order valence-electron chi connectivity index (χ0n) is 9.49. The Morgan fingerprint density at radius 1 is 1.40 bits per heavy atom. The Kier molecular flexibility index (Phi) is 3.66. The first-order valence-electron chi connectivity index (χ1n) is 5.19. The van der Waals surface area contributed by atoms with Crippen molar-refractivity contribution in [2.45, 2.75) is 32.5 Å². The molecule has 1 aliphatic heterocycles. The molecule has 1 fully saturated rings. The minimum atomic E-state index is -4.10. The highest BCUT2D eigenvalue weighted by molar-refractivity contribution is 4.92. The highest BCUT2D eigenvalue weighted by atomic mass is 19.4. The van der Waals surface area contributed by atoms with Crippen molar-refractivity contribution < 1.29 is 13.2 Å². The van der Waals surface area contributed by atoms with Crippen LogP contribution in [0.25, 0.3) is 0 Å². The van der Waals surface area contributed by atoms with Crippen LogP contribution in [0.2, 0.25) is 0 Å². The number of nitrogens with zero attached hydrogens (tertiary/aromatic N) is 1. The van der Waals surface area contributed by atoms with Crippen molar-refractivity contribution in [3.63, 3.8) is 0 Å². The summed E-state index contributed by atoms with van der Waals surface area (Å²) >= 11 is 0. The van der Waals surface area contributed by atoms with Gasteiger partial charge >= 0.3 is 6.18 Å². The zero-order valence-corrected chi connectivity index (χ0v) is 9.49. The van der Waals surface area contributed by atoms with Gasteiger partial charge in [-0.2, -0.15) is 13.2 Å². The van der Waals surface area contributed by atoms with E-state index < -0.39 is 12.7 Å². The Balaban J connectivity index is 2.41. The summed E-state index contributed by atoms with van der Waals surface area (Å²) in [5, 5.41) is 3.25. The molecule has 1 atom stereocenters. The zero-order chi connectivity index (χ0) is 11.7. The summed E-state index contributed by atoms with van der Waals surface area (Å²) in [6.45, 7) is 4.71. The molecule has 0 amide bonds. The molecular weight excluding hydrogens is 205 g/mol. The molecule has 1 heterocycles. The van der Waals surface area contributed by atoms with Crippen LogP contribution in [-0.4, -0.2) is 43.8 Å². The van der Waals surface area contributed by atoms with Gasteiger partial charge in [-0.25, -0.2) is 0 Å². The van der Waals surface area contributed by atoms with Crippen LogP contribution < -0.4 is 5.32 Å². The Hall–Kier alpha value is -0.290. The lowest BCUT2D eigenvalue weighted by molar-refractivity contribution is -0.144. The molecule has 0 bridgehead atoms. The van der Waals surface area contributed by atoms with Crippen LogP contribution in [0.3, 0.4) is 0 Å². The standard InChI is InChI=1S/C10H19F3N2/c1-9(2)4-5-14-8(9)6-15(3)7-10(11,12)13/h8,14H,4-7H2,1-3H3. The third-order valence-corrected chi connectivity index (χ3v) is 3.05. The lowest BCUT2D eigenvalue weighted by Crippen LogP contribution is -2.45. The van der Waals surface area contributed by atoms with Crippen molar-refractivity contribution in [1.82, 2.24) is 10.2 Å². The summed E-state index contributed by atoms with van der Waals surface area (Å²) in [6, 6.07) is 0.157. The van der Waals surface area contributed by atoms with Gasteiger partial charge in [0.2, 0.25) is 0 Å². The highest BCUT2D eigenvalue weighted by Crippen LogP contribution is 2.30. The predicted molar refractivity (Wildman–Crippen MR) is 53.7 cm³/mol. The van der Waals surface area contributed by atoms with Gasteiger partial charge in [-0.1, -0.05) is 13.8 Å². The van der Waals surface area contributed by atoms with Crippen LogP contribution in [0.4, 0.5) is 13.2 Å². The fraction of sp³-hybridized carbons (Fsp3) is 1.00. The Bertz CT molecular complexity index is 213. The summed E-state index contributed by atoms with van der Waals surface area (Å²) in [7, 11) is 1.52. The number of halogens is 3. The average Bonchev–Trinajstić information content (AvgIpc) is 2.26. The van der Waals surface area contributed by atoms with E-state index in [2.05, 4.69) is 19.2 Å². The molecule has 15 heavy (non-hydrogen) atoms. The van der Waals surface area contributed by atoms with Gasteiger partial charge in [0, 0.05) is 12.6 Å². The summed E-state index contributed by atoms with van der Waals surface area (Å²) < 4.78 is 36.3. The molecule has 0 aromatic heterocycles. The largest absolute Gasteiger partial charge is 0.401 e. The molecule has 0 saturated carbocycles. The molecule has 5 heteroatoms. The molecule has 1 rings (SSSR count). The Morgan fingerprint density at radius 2 is 2.00 bits per heavy atom. The lowest BCUT2D eigenvalue weighted by Gasteiger charge is -2.30. The molecule has 90 valence electrons. The second-order valence-corrected chi connectivity index (χ2v) is 5.06. The summed E-state index contributed by atoms with van der Waals surface area (Å²) in [5.41, 5.74) is 0.0971. The maximum atomic E-state index is 12.1. The van der Waals surface area contributed by atoms with Gasteiger partial charge < -0.3 is 5.32 Å². The van der Waals surface area contributed by atoms with E-state index in [1.165, 1.54) is 11.9 Å². The van der Waals surface area contributed by atoms with Crippen molar-refractivity contribution in [2.24, 2.45) is 5.41 Å². The molecule has 1 aliphatic rings. The van der Waals surface area contributed by atoms with E-state index in [0.717, 1.165) is 13.0 Å². The molecule has 1 saturated heterocycles. The fourth-order valence-electron chi connectivity index (χ4n) is 2.01. The van der Waals surface area contributed by atoms with Crippen LogP contribution in [-0.2, 0) is 0 Å². The number of likely N-dealkylation sites (N-methyl/N-ethyl adjacent to an activating group) is 1. The quantitative estimate of drug-likeness (QED) is 0.787. The Labute approximate surface area is 88.8 Å². The van der Waals surface area contributed by atoms with E-state index in [9.17, 15) is 13.2 Å². The number of hydrogen-bond donors (Lipinski definition) is 1. The molecule has 0 radical (unpaired) electrons. The topological polar surface area (TPSA) is 15.3 Å². The first-order chi connectivity index (χ1) is 6.71. The maximum Gasteiger partial charge on any atom is 0.401 e. The van der Waals surface area contributed by atoms with E-state index in [1.54, 1.807) is 0 Å². The van der Waals surface area contributed by atoms with Gasteiger partial charge in [0.05, 0.1) is 6.54 Å². The first-order valence-corrected chi connectivity index (χ1v) is 5.19. The van der Waals surface area contributed by atoms with E-state index in [-0.39, 0.29) is 11.5 Å². The number of nitrogens with one attached hydrogen (secondary N) is 1. The van der Waals surface area contributed by atoms with Gasteiger partial charge in [0.1, 0.15) is 0 Å². The third kappa shape index (κ3) is 3.99. The van der Waals surface area contributed by atoms with Gasteiger partial charge in [0.15, 0.2) is 0 Å². The SMILES string of the molecule is CN(CC1NCCC1(C)C)CC(F)(F)F. The summed E-state index contributed by atoms with van der Waals surface area (Å²) in [6.07, 6.45) is -3.07. The van der Waals surface area contributed by atoms with E-state index in [1.807, 2.05) is 0 Å². The number of alkyl halides is 3. The summed E-state index contributed by atoms with van der Waals surface area (Å²) in [4.78, 5) is 1.34. The second kappa shape index (κ2) is 4.29. The van der Waals surface area contributed by atoms with Crippen molar-refractivity contribution in [1.29, 1.82) is 0 Å². The van der Waals surface area contributed by atoms with E-state index >= 15 is 0 Å². The van der Waals surface area contributed by atoms with Crippen molar-refractivity contribution in [2.75, 3.05) is 26.7 Å². The van der Waals surface area contributed by atoms with Crippen LogP contribution in [0.5, 0.6) is 0 Å². The number of hydrogen-bond acceptors (Lipinski definition) is 2. The number of rotatable bonds is 3. The average molecular weight is 224 g/mol. The smallest absolute Gasteiger partial charge is 0.312 e. The van der Waals surface area contributed by atoms with Gasteiger partial charge in [-0.3, -0.25) is 4.90 Å². The van der Waals surface area contributed by atoms with Crippen LogP contribution in [0, 0.1) is 5.41 Å². The molecule has 1 unspecified atom stereocenters. The normalized spacial score (nSPS) is 26.2. The minimum absolute atomic E-state index is 0.0971. The van der Waals surface area contributed by atoms with E-state index in [4.69, 9.17) is 0 Å². The van der Waals surface area contributed by atoms with Crippen LogP contribution in [0.15, 0.2) is 0 Å². The Morgan fingerprint density at radius 3 is 2.40 bits per heavy atom. The molecule has 1 N–H and O–H groups in total. The minimum Gasteiger partial charge on any atom is -0.312 e. The molecule has 0 aromatic rings. The van der Waals surface area contributed by atoms with Gasteiger partial charge in [0.25, 0.3) is 0 Å². The van der Waals surface area contributed by atoms with E-state index in [0.29, 0.717) is 6.54 Å². The van der Waals surface area contributed by atoms with Gasteiger partial charge in [-0.15, -0.1) is 0 Å². The predicted octanol–water partition coefficient (Wildman–Crippen LogP) is 1.87. The third-order valence-electron chi connectivity index (χ3n) is 3.05. The molecular formula is C10H19F3N2. The van der Waals surface area contributed by atoms with Crippen LogP contribution in [0.1, 0.15) is 20.3 Å². The van der Waals surface area contributed by atoms with Crippen molar-refractivity contribution in [3.05, 3.63) is 0 Å². The maximum absolute atomic E-state index is 12.1. The molecule has 0 aromatic carbocycles. The molecule has 0 aliphatic carbocycles. The fourth-order valence-corrected chi connectivity index (χ4v) is 2.01. The van der Waals surface area contributed by atoms with Gasteiger partial charge in [-0.05, 0) is 25.4 Å². The molecule has 2 nitrogen and oxygen atoms in total.